The van der Waals surface area contributed by atoms with E-state index >= 15 is 0 Å². The van der Waals surface area contributed by atoms with E-state index in [0.717, 1.165) is 24.2 Å². The van der Waals surface area contributed by atoms with E-state index in [1.54, 1.807) is 12.4 Å². The van der Waals surface area contributed by atoms with Crippen LogP contribution in [0.5, 0.6) is 0 Å². The van der Waals surface area contributed by atoms with Crippen molar-refractivity contribution < 1.29 is 4.79 Å². The molecule has 1 aliphatic carbocycles. The Morgan fingerprint density at radius 3 is 2.75 bits per heavy atom. The normalized spacial score (nSPS) is 15.8. The van der Waals surface area contributed by atoms with Gasteiger partial charge in [0.1, 0.15) is 15.2 Å². The third-order valence-electron chi connectivity index (χ3n) is 3.92. The number of aromatic nitrogens is 2. The number of nitrogens with two attached hydrogens (primary N) is 1. The number of hydrogen-bond donors (Lipinski definition) is 1. The Bertz CT molecular complexity index is 633. The minimum atomic E-state index is 0.0294. The summed E-state index contributed by atoms with van der Waals surface area (Å²) in [6.45, 7) is 2.74. The van der Waals surface area contributed by atoms with Gasteiger partial charge in [0.25, 0.3) is 5.91 Å². The predicted octanol–water partition coefficient (Wildman–Crippen LogP) is 2.68. The van der Waals surface area contributed by atoms with Crippen LogP contribution >= 0.6 is 11.3 Å². The molecule has 1 saturated carbocycles. The molecule has 2 aromatic rings. The molecule has 2 N–H and O–H groups in total. The number of carbonyl (C=O) groups is 1. The zero-order chi connectivity index (χ0) is 14.1. The molecule has 0 spiro atoms. The molecule has 6 heteroatoms. The standard InChI is InChI=1S/C14H18N4OS/c1-2-18(9-5-3-4-6-9)14(19)12-10(15)11-13(20-12)17-8-7-16-11/h7-9H,2-6,15H2,1H3. The van der Waals surface area contributed by atoms with Gasteiger partial charge in [-0.1, -0.05) is 12.8 Å². The van der Waals surface area contributed by atoms with Crippen molar-refractivity contribution in [2.75, 3.05) is 12.3 Å². The molecule has 0 aromatic carbocycles. The number of rotatable bonds is 3. The molecule has 0 bridgehead atoms. The average molecular weight is 290 g/mol. The maximum absolute atomic E-state index is 12.8. The Morgan fingerprint density at radius 2 is 2.10 bits per heavy atom. The van der Waals surface area contributed by atoms with Crippen molar-refractivity contribution in [1.82, 2.24) is 14.9 Å². The maximum Gasteiger partial charge on any atom is 0.266 e. The van der Waals surface area contributed by atoms with Gasteiger partial charge in [-0.3, -0.25) is 4.79 Å². The number of fused-ring (bicyclic) bond motifs is 1. The van der Waals surface area contributed by atoms with Crippen LogP contribution < -0.4 is 5.73 Å². The maximum atomic E-state index is 12.8. The molecule has 2 heterocycles. The summed E-state index contributed by atoms with van der Waals surface area (Å²) < 4.78 is 0. The van der Waals surface area contributed by atoms with Crippen LogP contribution in [0.1, 0.15) is 42.3 Å². The molecule has 0 saturated heterocycles. The number of hydrogen-bond acceptors (Lipinski definition) is 5. The smallest absolute Gasteiger partial charge is 0.266 e. The number of amides is 1. The highest BCUT2D eigenvalue weighted by atomic mass is 32.1. The van der Waals surface area contributed by atoms with E-state index in [1.807, 2.05) is 11.8 Å². The third-order valence-corrected chi connectivity index (χ3v) is 5.02. The van der Waals surface area contributed by atoms with Gasteiger partial charge in [-0.25, -0.2) is 9.97 Å². The fourth-order valence-electron chi connectivity index (χ4n) is 2.92. The van der Waals surface area contributed by atoms with Gasteiger partial charge in [-0.15, -0.1) is 11.3 Å². The molecule has 2 aromatic heterocycles. The van der Waals surface area contributed by atoms with E-state index in [9.17, 15) is 4.79 Å². The van der Waals surface area contributed by atoms with Crippen LogP contribution in [0.25, 0.3) is 10.3 Å². The van der Waals surface area contributed by atoms with E-state index in [1.165, 1.54) is 24.2 Å². The Kier molecular flexibility index (Phi) is 3.56. The van der Waals surface area contributed by atoms with E-state index in [0.29, 0.717) is 22.1 Å². The summed E-state index contributed by atoms with van der Waals surface area (Å²) in [5, 5.41) is 0. The van der Waals surface area contributed by atoms with Crippen molar-refractivity contribution in [2.45, 2.75) is 38.6 Å². The third kappa shape index (κ3) is 2.14. The number of thiophene rings is 1. The van der Waals surface area contributed by atoms with Crippen molar-refractivity contribution in [2.24, 2.45) is 0 Å². The van der Waals surface area contributed by atoms with Crippen molar-refractivity contribution >= 4 is 33.3 Å². The van der Waals surface area contributed by atoms with Crippen molar-refractivity contribution in [3.05, 3.63) is 17.3 Å². The lowest BCUT2D eigenvalue weighted by atomic mass is 10.2. The fourth-order valence-corrected chi connectivity index (χ4v) is 3.89. The highest BCUT2D eigenvalue weighted by Crippen LogP contribution is 2.33. The highest BCUT2D eigenvalue weighted by Gasteiger charge is 2.29. The zero-order valence-corrected chi connectivity index (χ0v) is 12.3. The van der Waals surface area contributed by atoms with E-state index in [2.05, 4.69) is 9.97 Å². The second-order valence-electron chi connectivity index (χ2n) is 5.08. The molecule has 1 aliphatic rings. The first-order valence-corrected chi connectivity index (χ1v) is 7.84. The summed E-state index contributed by atoms with van der Waals surface area (Å²) in [6.07, 6.45) is 7.84. The molecule has 0 radical (unpaired) electrons. The number of anilines is 1. The summed E-state index contributed by atoms with van der Waals surface area (Å²) in [4.78, 5) is 24.5. The van der Waals surface area contributed by atoms with E-state index < -0.39 is 0 Å². The largest absolute Gasteiger partial charge is 0.396 e. The van der Waals surface area contributed by atoms with Crippen molar-refractivity contribution in [3.63, 3.8) is 0 Å². The van der Waals surface area contributed by atoms with Crippen LogP contribution in [0.4, 0.5) is 5.69 Å². The van der Waals surface area contributed by atoms with Crippen LogP contribution in [0.3, 0.4) is 0 Å². The average Bonchev–Trinajstić information content (AvgIpc) is 3.09. The van der Waals surface area contributed by atoms with Gasteiger partial charge in [-0.2, -0.15) is 0 Å². The quantitative estimate of drug-likeness (QED) is 0.943. The molecular weight excluding hydrogens is 272 g/mol. The van der Waals surface area contributed by atoms with E-state index in [-0.39, 0.29) is 5.91 Å². The summed E-state index contributed by atoms with van der Waals surface area (Å²) >= 11 is 1.34. The van der Waals surface area contributed by atoms with Gasteiger partial charge in [0.05, 0.1) is 5.69 Å². The summed E-state index contributed by atoms with van der Waals surface area (Å²) in [7, 11) is 0. The van der Waals surface area contributed by atoms with Gasteiger partial charge < -0.3 is 10.6 Å². The molecule has 106 valence electrons. The SMILES string of the molecule is CCN(C(=O)c1sc2nccnc2c1N)C1CCCC1. The van der Waals surface area contributed by atoms with Crippen LogP contribution in [-0.2, 0) is 0 Å². The first-order valence-electron chi connectivity index (χ1n) is 7.02. The highest BCUT2D eigenvalue weighted by molar-refractivity contribution is 7.21. The van der Waals surface area contributed by atoms with Crippen LogP contribution in [-0.4, -0.2) is 33.4 Å². The number of nitrogens with zero attached hydrogens (tertiary/aromatic N) is 3. The van der Waals surface area contributed by atoms with Gasteiger partial charge in [-0.05, 0) is 19.8 Å². The lowest BCUT2D eigenvalue weighted by molar-refractivity contribution is 0.0699. The van der Waals surface area contributed by atoms with Gasteiger partial charge in [0, 0.05) is 25.0 Å². The van der Waals surface area contributed by atoms with Crippen LogP contribution in [0.15, 0.2) is 12.4 Å². The summed E-state index contributed by atoms with van der Waals surface area (Å²) in [6, 6.07) is 0.359. The molecule has 1 amide bonds. The predicted molar refractivity (Wildman–Crippen MR) is 80.8 cm³/mol. The molecule has 0 aliphatic heterocycles. The lowest BCUT2D eigenvalue weighted by Gasteiger charge is -2.27. The van der Waals surface area contributed by atoms with Gasteiger partial charge in [0.2, 0.25) is 0 Å². The molecular formula is C14H18N4OS. The monoisotopic (exact) mass is 290 g/mol. The first-order chi connectivity index (χ1) is 9.72. The molecule has 5 nitrogen and oxygen atoms in total. The Balaban J connectivity index is 1.96. The topological polar surface area (TPSA) is 72.1 Å². The molecule has 1 fully saturated rings. The summed E-state index contributed by atoms with van der Waals surface area (Å²) in [5.74, 6) is 0.0294. The van der Waals surface area contributed by atoms with Crippen LogP contribution in [0, 0.1) is 0 Å². The fraction of sp³-hybridized carbons (Fsp3) is 0.500. The minimum Gasteiger partial charge on any atom is -0.396 e. The number of carbonyl (C=O) groups excluding carboxylic acids is 1. The van der Waals surface area contributed by atoms with Crippen LogP contribution in [0.2, 0.25) is 0 Å². The minimum absolute atomic E-state index is 0.0294. The van der Waals surface area contributed by atoms with Gasteiger partial charge in [0.15, 0.2) is 0 Å². The summed E-state index contributed by atoms with van der Waals surface area (Å²) in [5.41, 5.74) is 7.21. The van der Waals surface area contributed by atoms with Gasteiger partial charge >= 0.3 is 0 Å². The second-order valence-corrected chi connectivity index (χ2v) is 6.08. The zero-order valence-electron chi connectivity index (χ0n) is 11.5. The molecule has 20 heavy (non-hydrogen) atoms. The first kappa shape index (κ1) is 13.3. The Hall–Kier alpha value is -1.69. The Morgan fingerprint density at radius 1 is 1.40 bits per heavy atom. The Labute approximate surface area is 121 Å². The number of nitrogen functional groups attached to an aromatic ring is 1. The molecule has 0 unspecified atom stereocenters. The van der Waals surface area contributed by atoms with Crippen molar-refractivity contribution in [1.29, 1.82) is 0 Å². The van der Waals surface area contributed by atoms with Crippen molar-refractivity contribution in [3.8, 4) is 0 Å². The second kappa shape index (κ2) is 5.36. The molecule has 3 rings (SSSR count). The lowest BCUT2D eigenvalue weighted by Crippen LogP contribution is -2.38. The van der Waals surface area contributed by atoms with E-state index in [4.69, 9.17) is 5.73 Å². The molecule has 0 atom stereocenters.